The van der Waals surface area contributed by atoms with Gasteiger partial charge < -0.3 is 14.4 Å². The first-order chi connectivity index (χ1) is 16.7. The molecule has 0 bridgehead atoms. The molecular weight excluding hydrogens is 422 g/mol. The average Bonchev–Trinajstić information content (AvgIpc) is 2.91. The van der Waals surface area contributed by atoms with Gasteiger partial charge in [0.05, 0.1) is 20.3 Å². The van der Waals surface area contributed by atoms with Crippen LogP contribution in [0, 0.1) is 0 Å². The Morgan fingerprint density at radius 3 is 1.79 bits per heavy atom. The van der Waals surface area contributed by atoms with Gasteiger partial charge >= 0.3 is 0 Å². The molecule has 0 unspecified atom stereocenters. The zero-order valence-corrected chi connectivity index (χ0v) is 19.3. The molecule has 34 heavy (non-hydrogen) atoms. The van der Waals surface area contributed by atoms with Gasteiger partial charge in [-0.15, -0.1) is 0 Å². The van der Waals surface area contributed by atoms with E-state index in [-0.39, 0.29) is 11.9 Å². The summed E-state index contributed by atoms with van der Waals surface area (Å²) in [5.74, 6) is 1.64. The number of carbonyl (C=O) groups excluding carboxylic acids is 1. The van der Waals surface area contributed by atoms with Crippen LogP contribution < -0.4 is 14.4 Å². The molecule has 5 rings (SSSR count). The summed E-state index contributed by atoms with van der Waals surface area (Å²) in [6.45, 7) is 0. The summed E-state index contributed by atoms with van der Waals surface area (Å²) in [6.07, 6.45) is 0.611. The third-order valence-corrected chi connectivity index (χ3v) is 6.72. The van der Waals surface area contributed by atoms with Crippen molar-refractivity contribution in [1.82, 2.24) is 0 Å². The Kier molecular flexibility index (Phi) is 5.81. The Bertz CT molecular complexity index is 1250. The number of methoxy groups -OCH3 is 2. The topological polar surface area (TPSA) is 38.8 Å². The second-order valence-corrected chi connectivity index (χ2v) is 8.55. The first-order valence-electron chi connectivity index (χ1n) is 11.4. The number of carbonyl (C=O) groups is 1. The Balaban J connectivity index is 1.68. The minimum Gasteiger partial charge on any atom is -0.497 e. The van der Waals surface area contributed by atoms with Gasteiger partial charge in [0.15, 0.2) is 0 Å². The van der Waals surface area contributed by atoms with Crippen LogP contribution in [0.15, 0.2) is 109 Å². The number of rotatable bonds is 7. The fraction of sp³-hybridized carbons (Fsp3) is 0.167. The largest absolute Gasteiger partial charge is 0.497 e. The maximum absolute atomic E-state index is 14.2. The number of nitrogens with zero attached hydrogens (tertiary/aromatic N) is 1. The van der Waals surface area contributed by atoms with Crippen molar-refractivity contribution in [3.8, 4) is 11.5 Å². The molecule has 1 amide bonds. The zero-order valence-electron chi connectivity index (χ0n) is 19.3. The normalized spacial score (nSPS) is 19.4. The highest BCUT2D eigenvalue weighted by molar-refractivity contribution is 6.10. The fourth-order valence-electron chi connectivity index (χ4n) is 5.04. The molecule has 4 aromatic carbocycles. The molecule has 0 N–H and O–H groups in total. The van der Waals surface area contributed by atoms with E-state index in [2.05, 4.69) is 36.4 Å². The van der Waals surface area contributed by atoms with Crippen LogP contribution in [0.25, 0.3) is 0 Å². The van der Waals surface area contributed by atoms with E-state index < -0.39 is 5.41 Å². The van der Waals surface area contributed by atoms with Gasteiger partial charge in [-0.3, -0.25) is 4.79 Å². The summed E-state index contributed by atoms with van der Waals surface area (Å²) in [4.78, 5) is 16.1. The molecule has 1 fully saturated rings. The molecule has 0 radical (unpaired) electrons. The predicted molar refractivity (Wildman–Crippen MR) is 134 cm³/mol. The molecule has 4 heteroatoms. The molecule has 0 spiro atoms. The summed E-state index contributed by atoms with van der Waals surface area (Å²) in [6, 6.07) is 36.0. The summed E-state index contributed by atoms with van der Waals surface area (Å²) < 4.78 is 10.7. The van der Waals surface area contributed by atoms with Gasteiger partial charge in [0.2, 0.25) is 5.91 Å². The zero-order chi connectivity index (χ0) is 23.5. The van der Waals surface area contributed by atoms with Crippen LogP contribution in [0.1, 0.15) is 22.7 Å². The SMILES string of the molecule is COc1ccc([C@H]2N(c3ccc(OC)cc3)C(=O)[C@]2(Cc2ccccc2)c2ccccc2)cc1. The third kappa shape index (κ3) is 3.61. The van der Waals surface area contributed by atoms with Gasteiger partial charge in [0.25, 0.3) is 0 Å². The maximum atomic E-state index is 14.2. The molecule has 1 saturated heterocycles. The summed E-state index contributed by atoms with van der Waals surface area (Å²) in [5, 5.41) is 0. The van der Waals surface area contributed by atoms with Crippen molar-refractivity contribution in [1.29, 1.82) is 0 Å². The van der Waals surface area contributed by atoms with Crippen molar-refractivity contribution in [2.24, 2.45) is 0 Å². The number of hydrogen-bond acceptors (Lipinski definition) is 3. The summed E-state index contributed by atoms with van der Waals surface area (Å²) >= 11 is 0. The highest BCUT2D eigenvalue weighted by atomic mass is 16.5. The number of β-lactam (4-membered cyclic amide) rings is 1. The van der Waals surface area contributed by atoms with Gasteiger partial charge in [0, 0.05) is 5.69 Å². The van der Waals surface area contributed by atoms with Crippen LogP contribution in [0.4, 0.5) is 5.69 Å². The van der Waals surface area contributed by atoms with Crippen LogP contribution in [-0.4, -0.2) is 20.1 Å². The van der Waals surface area contributed by atoms with Crippen molar-refractivity contribution in [2.45, 2.75) is 17.9 Å². The summed E-state index contributed by atoms with van der Waals surface area (Å²) in [7, 11) is 3.31. The lowest BCUT2D eigenvalue weighted by Crippen LogP contribution is -2.67. The van der Waals surface area contributed by atoms with Crippen molar-refractivity contribution in [3.05, 3.63) is 126 Å². The lowest BCUT2D eigenvalue weighted by molar-refractivity contribution is -0.133. The Morgan fingerprint density at radius 1 is 0.706 bits per heavy atom. The van der Waals surface area contributed by atoms with Crippen LogP contribution in [0.2, 0.25) is 0 Å². The molecular formula is C30H27NO3. The minimum absolute atomic E-state index is 0.0912. The number of amides is 1. The Labute approximate surface area is 200 Å². The van der Waals surface area contributed by atoms with Gasteiger partial charge in [-0.05, 0) is 59.5 Å². The molecule has 1 heterocycles. The Morgan fingerprint density at radius 2 is 1.24 bits per heavy atom. The minimum atomic E-state index is -0.725. The lowest BCUT2D eigenvalue weighted by atomic mass is 9.60. The van der Waals surface area contributed by atoms with E-state index >= 15 is 0 Å². The molecule has 0 aliphatic carbocycles. The smallest absolute Gasteiger partial charge is 0.241 e. The molecule has 4 nitrogen and oxygen atoms in total. The fourth-order valence-corrected chi connectivity index (χ4v) is 5.04. The van der Waals surface area contributed by atoms with Gasteiger partial charge in [-0.1, -0.05) is 72.8 Å². The van der Waals surface area contributed by atoms with Crippen LogP contribution in [0.3, 0.4) is 0 Å². The molecule has 170 valence electrons. The summed E-state index contributed by atoms with van der Waals surface area (Å²) in [5.41, 5.74) is 3.35. The van der Waals surface area contributed by atoms with Gasteiger partial charge in [-0.25, -0.2) is 0 Å². The van der Waals surface area contributed by atoms with Crippen molar-refractivity contribution < 1.29 is 14.3 Å². The van der Waals surface area contributed by atoms with Gasteiger partial charge in [0.1, 0.15) is 16.9 Å². The van der Waals surface area contributed by atoms with Crippen molar-refractivity contribution in [3.63, 3.8) is 0 Å². The van der Waals surface area contributed by atoms with Crippen LogP contribution in [0.5, 0.6) is 11.5 Å². The van der Waals surface area contributed by atoms with Crippen LogP contribution >= 0.6 is 0 Å². The van der Waals surface area contributed by atoms with Crippen molar-refractivity contribution in [2.75, 3.05) is 19.1 Å². The molecule has 0 aromatic heterocycles. The predicted octanol–water partition coefficient (Wildman–Crippen LogP) is 5.97. The van der Waals surface area contributed by atoms with Crippen molar-refractivity contribution >= 4 is 11.6 Å². The highest BCUT2D eigenvalue weighted by Gasteiger charge is 2.62. The standard InChI is InChI=1S/C30H27NO3/c1-33-26-17-13-23(14-18-26)28-30(24-11-7-4-8-12-24,21-22-9-5-3-6-10-22)29(32)31(28)25-15-19-27(34-2)20-16-25/h3-20,28H,21H2,1-2H3/t28-,30-/m1/s1. The lowest BCUT2D eigenvalue weighted by Gasteiger charge is -2.57. The molecule has 1 aliphatic rings. The van der Waals surface area contributed by atoms with E-state index in [1.165, 1.54) is 0 Å². The number of anilines is 1. The third-order valence-electron chi connectivity index (χ3n) is 6.72. The maximum Gasteiger partial charge on any atom is 0.241 e. The number of hydrogen-bond donors (Lipinski definition) is 0. The Hall–Kier alpha value is -4.05. The molecule has 4 aromatic rings. The second-order valence-electron chi connectivity index (χ2n) is 8.55. The highest BCUT2D eigenvalue weighted by Crippen LogP contribution is 2.55. The molecule has 0 saturated carbocycles. The van der Waals surface area contributed by atoms with Gasteiger partial charge in [-0.2, -0.15) is 0 Å². The van der Waals surface area contributed by atoms with E-state index in [9.17, 15) is 4.79 Å². The molecule has 2 atom stereocenters. The van der Waals surface area contributed by atoms with E-state index in [0.717, 1.165) is 33.9 Å². The quantitative estimate of drug-likeness (QED) is 0.326. The number of ether oxygens (including phenoxy) is 2. The second kappa shape index (κ2) is 9.06. The van der Waals surface area contributed by atoms with E-state index in [4.69, 9.17) is 9.47 Å². The first-order valence-corrected chi connectivity index (χ1v) is 11.4. The number of benzene rings is 4. The first kappa shape index (κ1) is 21.8. The average molecular weight is 450 g/mol. The van der Waals surface area contributed by atoms with E-state index in [1.54, 1.807) is 14.2 Å². The molecule has 1 aliphatic heterocycles. The van der Waals surface area contributed by atoms with Crippen LogP contribution in [-0.2, 0) is 16.6 Å². The van der Waals surface area contributed by atoms with E-state index in [0.29, 0.717) is 6.42 Å². The van der Waals surface area contributed by atoms with E-state index in [1.807, 2.05) is 77.7 Å². The monoisotopic (exact) mass is 449 g/mol.